The monoisotopic (exact) mass is 265 g/mol. The van der Waals surface area contributed by atoms with E-state index in [9.17, 15) is 4.39 Å². The van der Waals surface area contributed by atoms with Crippen LogP contribution in [0, 0.1) is 17.7 Å². The van der Waals surface area contributed by atoms with Gasteiger partial charge in [-0.3, -0.25) is 0 Å². The van der Waals surface area contributed by atoms with Gasteiger partial charge in [0.05, 0.1) is 12.2 Å². The van der Waals surface area contributed by atoms with Crippen molar-refractivity contribution in [3.05, 3.63) is 35.6 Å². The topological polar surface area (TPSA) is 35.2 Å². The van der Waals surface area contributed by atoms with E-state index in [4.69, 9.17) is 10.5 Å². The molecule has 2 nitrogen and oxygen atoms in total. The summed E-state index contributed by atoms with van der Waals surface area (Å²) >= 11 is 0. The summed E-state index contributed by atoms with van der Waals surface area (Å²) in [6.45, 7) is 4.83. The molecule has 1 aliphatic rings. The van der Waals surface area contributed by atoms with Crippen molar-refractivity contribution in [2.24, 2.45) is 17.6 Å². The number of hydrogen-bond donors (Lipinski definition) is 1. The first kappa shape index (κ1) is 14.5. The highest BCUT2D eigenvalue weighted by molar-refractivity contribution is 5.20. The molecule has 0 amide bonds. The molecule has 0 bridgehead atoms. The smallest absolute Gasteiger partial charge is 0.129 e. The molecule has 0 aromatic heterocycles. The zero-order chi connectivity index (χ0) is 13.8. The third-order valence-corrected chi connectivity index (χ3v) is 3.96. The summed E-state index contributed by atoms with van der Waals surface area (Å²) in [7, 11) is 0. The Balaban J connectivity index is 2.05. The van der Waals surface area contributed by atoms with Crippen LogP contribution in [0.4, 0.5) is 4.39 Å². The van der Waals surface area contributed by atoms with E-state index in [1.54, 1.807) is 12.1 Å². The predicted molar refractivity (Wildman–Crippen MR) is 75.2 cm³/mol. The molecule has 3 unspecified atom stereocenters. The fourth-order valence-electron chi connectivity index (χ4n) is 3.21. The highest BCUT2D eigenvalue weighted by Gasteiger charge is 2.27. The molecule has 0 radical (unpaired) electrons. The molecule has 1 saturated carbocycles. The summed E-state index contributed by atoms with van der Waals surface area (Å²) in [5.74, 6) is 1.12. The molecular formula is C16H24FNO. The van der Waals surface area contributed by atoms with Crippen LogP contribution in [0.2, 0.25) is 0 Å². The van der Waals surface area contributed by atoms with E-state index in [1.165, 1.54) is 12.5 Å². The highest BCUT2D eigenvalue weighted by atomic mass is 19.1. The number of halogens is 1. The van der Waals surface area contributed by atoms with Gasteiger partial charge in [0, 0.05) is 12.1 Å². The summed E-state index contributed by atoms with van der Waals surface area (Å²) in [5, 5.41) is 0. The summed E-state index contributed by atoms with van der Waals surface area (Å²) in [6.07, 6.45) is 3.23. The van der Waals surface area contributed by atoms with Crippen LogP contribution in [0.1, 0.15) is 44.8 Å². The lowest BCUT2D eigenvalue weighted by atomic mass is 9.81. The number of ether oxygens (including phenoxy) is 1. The zero-order valence-corrected chi connectivity index (χ0v) is 11.8. The lowest BCUT2D eigenvalue weighted by molar-refractivity contribution is -0.0478. The van der Waals surface area contributed by atoms with Crippen molar-refractivity contribution in [3.8, 4) is 0 Å². The van der Waals surface area contributed by atoms with Crippen molar-refractivity contribution in [2.75, 3.05) is 6.54 Å². The predicted octanol–water partition coefficient (Wildman–Crippen LogP) is 3.67. The van der Waals surface area contributed by atoms with Crippen molar-refractivity contribution in [1.82, 2.24) is 0 Å². The fraction of sp³-hybridized carbons (Fsp3) is 0.625. The molecule has 3 heteroatoms. The Bertz CT molecular complexity index is 399. The normalized spacial score (nSPS) is 29.2. The lowest BCUT2D eigenvalue weighted by Gasteiger charge is -2.33. The maximum absolute atomic E-state index is 13.8. The molecule has 3 atom stereocenters. The minimum absolute atomic E-state index is 0.201. The molecule has 1 aromatic carbocycles. The average Bonchev–Trinajstić information content (AvgIpc) is 2.36. The van der Waals surface area contributed by atoms with E-state index in [1.807, 2.05) is 6.07 Å². The van der Waals surface area contributed by atoms with Gasteiger partial charge >= 0.3 is 0 Å². The molecule has 1 aromatic rings. The van der Waals surface area contributed by atoms with Gasteiger partial charge in [0.2, 0.25) is 0 Å². The van der Waals surface area contributed by atoms with Gasteiger partial charge in [0.1, 0.15) is 5.82 Å². The van der Waals surface area contributed by atoms with Crippen LogP contribution in [-0.2, 0) is 4.74 Å². The highest BCUT2D eigenvalue weighted by Crippen LogP contribution is 2.33. The molecule has 0 aliphatic heterocycles. The van der Waals surface area contributed by atoms with Crippen LogP contribution in [0.25, 0.3) is 0 Å². The van der Waals surface area contributed by atoms with Crippen LogP contribution in [0.5, 0.6) is 0 Å². The molecule has 2 N–H and O–H groups in total. The Kier molecular flexibility index (Phi) is 4.94. The first-order valence-corrected chi connectivity index (χ1v) is 7.20. The summed E-state index contributed by atoms with van der Waals surface area (Å²) in [5.41, 5.74) is 6.35. The molecule has 1 aliphatic carbocycles. The van der Waals surface area contributed by atoms with Gasteiger partial charge in [-0.25, -0.2) is 4.39 Å². The minimum Gasteiger partial charge on any atom is -0.369 e. The van der Waals surface area contributed by atoms with Gasteiger partial charge in [-0.05, 0) is 37.2 Å². The van der Waals surface area contributed by atoms with Crippen molar-refractivity contribution >= 4 is 0 Å². The van der Waals surface area contributed by atoms with Crippen LogP contribution in [0.3, 0.4) is 0 Å². The Labute approximate surface area is 115 Å². The molecule has 0 spiro atoms. The van der Waals surface area contributed by atoms with Crippen LogP contribution >= 0.6 is 0 Å². The number of hydrogen-bond acceptors (Lipinski definition) is 2. The second-order valence-electron chi connectivity index (χ2n) is 5.92. The summed E-state index contributed by atoms with van der Waals surface area (Å²) < 4.78 is 19.9. The molecule has 106 valence electrons. The summed E-state index contributed by atoms with van der Waals surface area (Å²) in [6, 6.07) is 6.75. The van der Waals surface area contributed by atoms with Gasteiger partial charge in [-0.2, -0.15) is 0 Å². The van der Waals surface area contributed by atoms with E-state index in [-0.39, 0.29) is 18.0 Å². The second-order valence-corrected chi connectivity index (χ2v) is 5.92. The Hall–Kier alpha value is -0.930. The number of benzene rings is 1. The van der Waals surface area contributed by atoms with Crippen LogP contribution < -0.4 is 5.73 Å². The molecular weight excluding hydrogens is 241 g/mol. The van der Waals surface area contributed by atoms with Crippen molar-refractivity contribution in [2.45, 2.75) is 45.3 Å². The minimum atomic E-state index is -0.330. The van der Waals surface area contributed by atoms with E-state index in [2.05, 4.69) is 13.8 Å². The third-order valence-electron chi connectivity index (χ3n) is 3.96. The van der Waals surface area contributed by atoms with Gasteiger partial charge in [0.25, 0.3) is 0 Å². The Morgan fingerprint density at radius 1 is 1.21 bits per heavy atom. The van der Waals surface area contributed by atoms with Crippen LogP contribution in [-0.4, -0.2) is 12.6 Å². The zero-order valence-electron chi connectivity index (χ0n) is 11.8. The van der Waals surface area contributed by atoms with E-state index < -0.39 is 0 Å². The average molecular weight is 265 g/mol. The maximum Gasteiger partial charge on any atom is 0.129 e. The standard InChI is InChI=1S/C16H24FNO/c1-11-7-12(2)9-13(8-11)19-16(10-18)14-5-3-4-6-15(14)17/h3-6,11-13,16H,7-10,18H2,1-2H3. The van der Waals surface area contributed by atoms with E-state index in [0.717, 1.165) is 12.8 Å². The van der Waals surface area contributed by atoms with Gasteiger partial charge in [0.15, 0.2) is 0 Å². The van der Waals surface area contributed by atoms with Crippen molar-refractivity contribution in [1.29, 1.82) is 0 Å². The third kappa shape index (κ3) is 3.77. The number of rotatable bonds is 4. The SMILES string of the molecule is CC1CC(C)CC(OC(CN)c2ccccc2F)C1. The quantitative estimate of drug-likeness (QED) is 0.901. The first-order chi connectivity index (χ1) is 9.10. The Morgan fingerprint density at radius 3 is 2.42 bits per heavy atom. The van der Waals surface area contributed by atoms with Gasteiger partial charge in [-0.15, -0.1) is 0 Å². The second kappa shape index (κ2) is 6.49. The fourth-order valence-corrected chi connectivity index (χ4v) is 3.21. The van der Waals surface area contributed by atoms with Crippen molar-refractivity contribution in [3.63, 3.8) is 0 Å². The molecule has 0 saturated heterocycles. The van der Waals surface area contributed by atoms with Gasteiger partial charge in [-0.1, -0.05) is 32.0 Å². The van der Waals surface area contributed by atoms with E-state index >= 15 is 0 Å². The lowest BCUT2D eigenvalue weighted by Crippen LogP contribution is -2.30. The van der Waals surface area contributed by atoms with E-state index in [0.29, 0.717) is 23.9 Å². The maximum atomic E-state index is 13.8. The Morgan fingerprint density at radius 2 is 1.84 bits per heavy atom. The number of nitrogens with two attached hydrogens (primary N) is 1. The molecule has 19 heavy (non-hydrogen) atoms. The van der Waals surface area contributed by atoms with Gasteiger partial charge < -0.3 is 10.5 Å². The summed E-state index contributed by atoms with van der Waals surface area (Å²) in [4.78, 5) is 0. The van der Waals surface area contributed by atoms with Crippen LogP contribution in [0.15, 0.2) is 24.3 Å². The molecule has 1 fully saturated rings. The first-order valence-electron chi connectivity index (χ1n) is 7.20. The van der Waals surface area contributed by atoms with Crippen molar-refractivity contribution < 1.29 is 9.13 Å². The molecule has 2 rings (SSSR count). The largest absolute Gasteiger partial charge is 0.369 e. The molecule has 0 heterocycles.